The summed E-state index contributed by atoms with van der Waals surface area (Å²) >= 11 is 0. The number of rotatable bonds is 1. The number of nitrogens with one attached hydrogen (secondary N) is 1. The first-order chi connectivity index (χ1) is 10.2. The van der Waals surface area contributed by atoms with Gasteiger partial charge in [0.15, 0.2) is 0 Å². The van der Waals surface area contributed by atoms with Crippen LogP contribution in [0, 0.1) is 11.8 Å². The van der Waals surface area contributed by atoms with Crippen molar-refractivity contribution in [1.29, 1.82) is 0 Å². The average molecular weight is 286 g/mol. The second kappa shape index (κ2) is 5.02. The van der Waals surface area contributed by atoms with Crippen molar-refractivity contribution in [3.63, 3.8) is 0 Å². The van der Waals surface area contributed by atoms with E-state index in [1.165, 1.54) is 5.56 Å². The Labute approximate surface area is 125 Å². The maximum atomic E-state index is 12.9. The molecule has 0 spiro atoms. The lowest BCUT2D eigenvalue weighted by atomic mass is 9.97. The van der Waals surface area contributed by atoms with Crippen LogP contribution in [0.25, 0.3) is 0 Å². The van der Waals surface area contributed by atoms with Crippen LogP contribution in [0.15, 0.2) is 18.2 Å². The molecule has 3 atom stereocenters. The molecule has 1 aliphatic carbocycles. The average Bonchev–Trinajstić information content (AvgIpc) is 3.08. The summed E-state index contributed by atoms with van der Waals surface area (Å²) in [6.45, 7) is 2.53. The minimum atomic E-state index is -0.209. The van der Waals surface area contributed by atoms with E-state index in [0.29, 0.717) is 11.8 Å². The smallest absolute Gasteiger partial charge is 0.254 e. The molecule has 2 fully saturated rings. The van der Waals surface area contributed by atoms with Gasteiger partial charge in [0.1, 0.15) is 0 Å². The molecule has 2 aliphatic heterocycles. The van der Waals surface area contributed by atoms with Crippen molar-refractivity contribution in [2.24, 2.45) is 11.8 Å². The molecule has 0 bridgehead atoms. The zero-order chi connectivity index (χ0) is 14.4. The Balaban J connectivity index is 1.59. The molecule has 0 radical (unpaired) electrons. The quantitative estimate of drug-likeness (QED) is 0.829. The summed E-state index contributed by atoms with van der Waals surface area (Å²) in [7, 11) is 0. The van der Waals surface area contributed by atoms with Crippen LogP contribution in [-0.2, 0) is 6.42 Å². The first-order valence-corrected chi connectivity index (χ1v) is 8.07. The lowest BCUT2D eigenvalue weighted by molar-refractivity contribution is 0.0751. The largest absolute Gasteiger partial charge is 0.393 e. The summed E-state index contributed by atoms with van der Waals surface area (Å²) in [5, 5.41) is 13.4. The van der Waals surface area contributed by atoms with Gasteiger partial charge in [-0.2, -0.15) is 0 Å². The summed E-state index contributed by atoms with van der Waals surface area (Å²) in [5.74, 6) is 0.949. The molecule has 4 nitrogen and oxygen atoms in total. The fraction of sp³-hybridized carbons (Fsp3) is 0.588. The van der Waals surface area contributed by atoms with E-state index >= 15 is 0 Å². The topological polar surface area (TPSA) is 52.6 Å². The van der Waals surface area contributed by atoms with Gasteiger partial charge in [-0.3, -0.25) is 4.79 Å². The summed E-state index contributed by atoms with van der Waals surface area (Å²) in [6, 6.07) is 5.99. The fourth-order valence-electron chi connectivity index (χ4n) is 4.28. The fourth-order valence-corrected chi connectivity index (χ4v) is 4.28. The Kier molecular flexibility index (Phi) is 3.14. The Morgan fingerprint density at radius 1 is 1.29 bits per heavy atom. The Morgan fingerprint density at radius 3 is 3.05 bits per heavy atom. The summed E-state index contributed by atoms with van der Waals surface area (Å²) in [5.41, 5.74) is 3.15. The van der Waals surface area contributed by atoms with Crippen molar-refractivity contribution in [3.05, 3.63) is 29.3 Å². The van der Waals surface area contributed by atoms with Crippen LogP contribution in [0.1, 0.15) is 35.2 Å². The van der Waals surface area contributed by atoms with E-state index in [9.17, 15) is 9.90 Å². The van der Waals surface area contributed by atoms with E-state index in [0.717, 1.165) is 56.6 Å². The number of nitrogens with zero attached hydrogens (tertiary/aromatic N) is 1. The highest BCUT2D eigenvalue weighted by Gasteiger charge is 2.43. The van der Waals surface area contributed by atoms with Crippen molar-refractivity contribution in [2.45, 2.75) is 31.8 Å². The predicted octanol–water partition coefficient (Wildman–Crippen LogP) is 1.89. The molecule has 4 rings (SSSR count). The minimum absolute atomic E-state index is 0.150. The van der Waals surface area contributed by atoms with Crippen LogP contribution in [0.3, 0.4) is 0 Å². The molecular formula is C17H22N2O2. The number of fused-ring (bicyclic) bond motifs is 2. The van der Waals surface area contributed by atoms with Gasteiger partial charge in [-0.05, 0) is 49.3 Å². The van der Waals surface area contributed by atoms with E-state index in [2.05, 4.69) is 11.4 Å². The maximum absolute atomic E-state index is 12.9. The monoisotopic (exact) mass is 286 g/mol. The van der Waals surface area contributed by atoms with Gasteiger partial charge >= 0.3 is 0 Å². The minimum Gasteiger partial charge on any atom is -0.393 e. The standard InChI is InChI=1S/C17H22N2O2/c20-16-7-6-11-9-19(10-14(11)16)17(21)13-3-1-5-15-12(13)4-2-8-18-15/h1,3,5,11,14,16,18,20H,2,4,6-10H2. The van der Waals surface area contributed by atoms with Gasteiger partial charge in [-0.1, -0.05) is 6.07 Å². The predicted molar refractivity (Wildman–Crippen MR) is 81.4 cm³/mol. The number of aliphatic hydroxyl groups excluding tert-OH is 1. The number of carbonyl (C=O) groups excluding carboxylic acids is 1. The second-order valence-electron chi connectivity index (χ2n) is 6.64. The Bertz CT molecular complexity index is 572. The van der Waals surface area contributed by atoms with Crippen LogP contribution in [-0.4, -0.2) is 41.7 Å². The molecule has 1 aromatic rings. The van der Waals surface area contributed by atoms with Crippen LogP contribution < -0.4 is 5.32 Å². The highest BCUT2D eigenvalue weighted by molar-refractivity contribution is 5.97. The third kappa shape index (κ3) is 2.13. The number of hydrogen-bond donors (Lipinski definition) is 2. The first-order valence-electron chi connectivity index (χ1n) is 8.07. The van der Waals surface area contributed by atoms with Gasteiger partial charge in [0.25, 0.3) is 5.91 Å². The van der Waals surface area contributed by atoms with E-state index in [-0.39, 0.29) is 12.0 Å². The van der Waals surface area contributed by atoms with Gasteiger partial charge in [-0.25, -0.2) is 0 Å². The second-order valence-corrected chi connectivity index (χ2v) is 6.64. The van der Waals surface area contributed by atoms with Crippen LogP contribution >= 0.6 is 0 Å². The van der Waals surface area contributed by atoms with Crippen LogP contribution in [0.4, 0.5) is 5.69 Å². The van der Waals surface area contributed by atoms with E-state index in [4.69, 9.17) is 0 Å². The van der Waals surface area contributed by atoms with Crippen molar-refractivity contribution >= 4 is 11.6 Å². The molecule has 21 heavy (non-hydrogen) atoms. The highest BCUT2D eigenvalue weighted by atomic mass is 16.3. The Morgan fingerprint density at radius 2 is 2.19 bits per heavy atom. The van der Waals surface area contributed by atoms with Crippen molar-refractivity contribution in [1.82, 2.24) is 4.90 Å². The lowest BCUT2D eigenvalue weighted by Gasteiger charge is -2.24. The molecule has 4 heteroatoms. The molecule has 1 aromatic carbocycles. The SMILES string of the molecule is O=C(c1cccc2c1CCCN2)N1CC2CCC(O)C2C1. The number of likely N-dealkylation sites (tertiary alicyclic amines) is 1. The summed E-state index contributed by atoms with van der Waals surface area (Å²) in [4.78, 5) is 14.8. The van der Waals surface area contributed by atoms with Gasteiger partial charge in [-0.15, -0.1) is 0 Å². The highest BCUT2D eigenvalue weighted by Crippen LogP contribution is 2.39. The molecule has 2 heterocycles. The molecule has 0 aromatic heterocycles. The summed E-state index contributed by atoms with van der Waals surface area (Å²) in [6.07, 6.45) is 3.82. The van der Waals surface area contributed by atoms with Crippen molar-refractivity contribution in [3.8, 4) is 0 Å². The zero-order valence-electron chi connectivity index (χ0n) is 12.2. The third-order valence-electron chi connectivity index (χ3n) is 5.43. The molecule has 1 saturated carbocycles. The number of benzene rings is 1. The zero-order valence-corrected chi connectivity index (χ0v) is 12.2. The molecule has 1 saturated heterocycles. The number of hydrogen-bond acceptors (Lipinski definition) is 3. The Hall–Kier alpha value is -1.55. The van der Waals surface area contributed by atoms with Crippen molar-refractivity contribution < 1.29 is 9.90 Å². The van der Waals surface area contributed by atoms with Crippen LogP contribution in [0.2, 0.25) is 0 Å². The molecule has 2 N–H and O–H groups in total. The first kappa shape index (κ1) is 13.1. The van der Waals surface area contributed by atoms with Gasteiger partial charge < -0.3 is 15.3 Å². The maximum Gasteiger partial charge on any atom is 0.254 e. The number of anilines is 1. The number of aliphatic hydroxyl groups is 1. The molecule has 3 aliphatic rings. The molecule has 3 unspecified atom stereocenters. The van der Waals surface area contributed by atoms with Gasteiger partial charge in [0.05, 0.1) is 6.10 Å². The van der Waals surface area contributed by atoms with Gasteiger partial charge in [0, 0.05) is 36.8 Å². The normalized spacial score (nSPS) is 30.7. The van der Waals surface area contributed by atoms with E-state index in [1.807, 2.05) is 17.0 Å². The summed E-state index contributed by atoms with van der Waals surface area (Å²) < 4.78 is 0. The lowest BCUT2D eigenvalue weighted by Crippen LogP contribution is -2.32. The van der Waals surface area contributed by atoms with Crippen LogP contribution in [0.5, 0.6) is 0 Å². The molecular weight excluding hydrogens is 264 g/mol. The van der Waals surface area contributed by atoms with Gasteiger partial charge in [0.2, 0.25) is 0 Å². The van der Waals surface area contributed by atoms with E-state index < -0.39 is 0 Å². The third-order valence-corrected chi connectivity index (χ3v) is 5.43. The number of carbonyl (C=O) groups is 1. The van der Waals surface area contributed by atoms with Crippen molar-refractivity contribution in [2.75, 3.05) is 25.0 Å². The number of amides is 1. The molecule has 112 valence electrons. The van der Waals surface area contributed by atoms with E-state index in [1.54, 1.807) is 0 Å². The molecule has 1 amide bonds.